The first-order valence-electron chi connectivity index (χ1n) is 9.12. The lowest BCUT2D eigenvalue weighted by molar-refractivity contribution is -0.139. The van der Waals surface area contributed by atoms with E-state index >= 15 is 0 Å². The molecule has 1 aromatic rings. The number of aliphatic carboxylic acids is 1. The second kappa shape index (κ2) is 5.48. The summed E-state index contributed by atoms with van der Waals surface area (Å²) in [5.74, 6) is 0.834. The Hall–Kier alpha value is -1.55. The van der Waals surface area contributed by atoms with Crippen molar-refractivity contribution < 1.29 is 20.1 Å². The molecule has 3 N–H and O–H groups in total. The highest BCUT2D eigenvalue weighted by Gasteiger charge is 2.58. The molecule has 3 unspecified atom stereocenters. The minimum absolute atomic E-state index is 0.0785. The van der Waals surface area contributed by atoms with Crippen LogP contribution in [0.2, 0.25) is 0 Å². The zero-order chi connectivity index (χ0) is 17.1. The van der Waals surface area contributed by atoms with Crippen molar-refractivity contribution in [3.63, 3.8) is 0 Å². The molecule has 3 aliphatic carbocycles. The number of aliphatic hydroxyl groups is 1. The van der Waals surface area contributed by atoms with Gasteiger partial charge in [-0.15, -0.1) is 0 Å². The summed E-state index contributed by atoms with van der Waals surface area (Å²) >= 11 is 0. The van der Waals surface area contributed by atoms with Crippen molar-refractivity contribution in [3.05, 3.63) is 29.3 Å². The van der Waals surface area contributed by atoms with Crippen molar-refractivity contribution in [3.8, 4) is 5.75 Å². The van der Waals surface area contributed by atoms with Gasteiger partial charge >= 0.3 is 5.97 Å². The van der Waals surface area contributed by atoms with Gasteiger partial charge < -0.3 is 15.3 Å². The van der Waals surface area contributed by atoms with Crippen LogP contribution in [0.15, 0.2) is 18.2 Å². The maximum Gasteiger partial charge on any atom is 0.303 e. The highest BCUT2D eigenvalue weighted by Crippen LogP contribution is 2.62. The molecular formula is C20H26O4. The minimum Gasteiger partial charge on any atom is -0.508 e. The molecule has 0 radical (unpaired) electrons. The molecule has 0 spiro atoms. The summed E-state index contributed by atoms with van der Waals surface area (Å²) in [6.07, 6.45) is 4.46. The number of benzene rings is 1. The number of hydrogen-bond acceptors (Lipinski definition) is 3. The van der Waals surface area contributed by atoms with Crippen LogP contribution in [0.25, 0.3) is 0 Å². The predicted octanol–water partition coefficient (Wildman–Crippen LogP) is 3.31. The third-order valence-corrected chi connectivity index (χ3v) is 7.26. The molecule has 4 heteroatoms. The Morgan fingerprint density at radius 3 is 2.88 bits per heavy atom. The summed E-state index contributed by atoms with van der Waals surface area (Å²) in [4.78, 5) is 11.2. The first-order chi connectivity index (χ1) is 11.4. The van der Waals surface area contributed by atoms with E-state index in [1.807, 2.05) is 6.07 Å². The van der Waals surface area contributed by atoms with Crippen molar-refractivity contribution in [2.75, 3.05) is 0 Å². The van der Waals surface area contributed by atoms with Gasteiger partial charge in [-0.2, -0.15) is 0 Å². The van der Waals surface area contributed by atoms with Crippen LogP contribution in [-0.2, 0) is 11.2 Å². The van der Waals surface area contributed by atoms with Crippen molar-refractivity contribution in [2.45, 2.75) is 57.5 Å². The average molecular weight is 330 g/mol. The molecule has 4 rings (SSSR count). The van der Waals surface area contributed by atoms with Crippen molar-refractivity contribution in [1.29, 1.82) is 0 Å². The lowest BCUT2D eigenvalue weighted by Gasteiger charge is -2.50. The lowest BCUT2D eigenvalue weighted by atomic mass is 9.55. The van der Waals surface area contributed by atoms with Crippen LogP contribution >= 0.6 is 0 Å². The fraction of sp³-hybridized carbons (Fsp3) is 0.650. The lowest BCUT2D eigenvalue weighted by Crippen LogP contribution is -2.44. The van der Waals surface area contributed by atoms with Crippen LogP contribution in [0.3, 0.4) is 0 Å². The van der Waals surface area contributed by atoms with Gasteiger partial charge in [-0.05, 0) is 84.5 Å². The Morgan fingerprint density at radius 1 is 1.33 bits per heavy atom. The number of aryl methyl sites for hydroxylation is 1. The van der Waals surface area contributed by atoms with Gasteiger partial charge in [-0.25, -0.2) is 0 Å². The Kier molecular flexibility index (Phi) is 3.64. The van der Waals surface area contributed by atoms with Crippen LogP contribution in [0.4, 0.5) is 0 Å². The van der Waals surface area contributed by atoms with Gasteiger partial charge in [-0.1, -0.05) is 13.0 Å². The van der Waals surface area contributed by atoms with E-state index in [2.05, 4.69) is 13.0 Å². The number of fused-ring (bicyclic) bond motifs is 5. The quantitative estimate of drug-likeness (QED) is 0.777. The smallest absolute Gasteiger partial charge is 0.303 e. The molecule has 0 aromatic heterocycles. The van der Waals surface area contributed by atoms with Crippen molar-refractivity contribution in [1.82, 2.24) is 0 Å². The second-order valence-electron chi connectivity index (χ2n) is 8.38. The zero-order valence-corrected chi connectivity index (χ0v) is 14.1. The normalized spacial score (nSPS) is 40.5. The van der Waals surface area contributed by atoms with Crippen LogP contribution < -0.4 is 0 Å². The Morgan fingerprint density at radius 2 is 2.12 bits per heavy atom. The van der Waals surface area contributed by atoms with Gasteiger partial charge in [-0.3, -0.25) is 4.79 Å². The van der Waals surface area contributed by atoms with Gasteiger partial charge in [0.15, 0.2) is 0 Å². The summed E-state index contributed by atoms with van der Waals surface area (Å²) in [6, 6.07) is 5.76. The molecule has 2 fully saturated rings. The van der Waals surface area contributed by atoms with E-state index in [1.54, 1.807) is 6.07 Å². The second-order valence-corrected chi connectivity index (χ2v) is 8.38. The Bertz CT molecular complexity index is 670. The summed E-state index contributed by atoms with van der Waals surface area (Å²) in [7, 11) is 0. The maximum absolute atomic E-state index is 11.2. The van der Waals surface area contributed by atoms with E-state index in [9.17, 15) is 15.0 Å². The molecule has 2 saturated carbocycles. The van der Waals surface area contributed by atoms with Crippen LogP contribution in [0, 0.1) is 23.2 Å². The monoisotopic (exact) mass is 330 g/mol. The Balaban J connectivity index is 1.65. The Labute approximate surface area is 142 Å². The van der Waals surface area contributed by atoms with Gasteiger partial charge in [0.2, 0.25) is 0 Å². The topological polar surface area (TPSA) is 77.8 Å². The molecule has 6 atom stereocenters. The van der Waals surface area contributed by atoms with E-state index < -0.39 is 12.1 Å². The number of phenols is 1. The third-order valence-electron chi connectivity index (χ3n) is 7.26. The zero-order valence-electron chi connectivity index (χ0n) is 14.1. The standard InChI is InChI=1S/C20H26O4/c1-20-7-6-15-14-5-3-13(21)8-11(14)2-4-16(15)17(20)9-12(19(20)24)10-18(22)23/h3,5,8,12,15-17,19,21,24H,2,4,6-7,9-10H2,1H3,(H,22,23)/t12-,15?,16?,17?,19+,20+/m1/s1. The van der Waals surface area contributed by atoms with Gasteiger partial charge in [0.25, 0.3) is 0 Å². The summed E-state index contributed by atoms with van der Waals surface area (Å²) in [5, 5.41) is 29.7. The molecular weight excluding hydrogens is 304 g/mol. The number of phenolic OH excluding ortho intramolecular Hbond substituents is 1. The first-order valence-corrected chi connectivity index (χ1v) is 9.12. The van der Waals surface area contributed by atoms with Crippen LogP contribution in [-0.4, -0.2) is 27.4 Å². The summed E-state index contributed by atoms with van der Waals surface area (Å²) in [5.41, 5.74) is 2.48. The van der Waals surface area contributed by atoms with E-state index in [0.29, 0.717) is 23.5 Å². The maximum atomic E-state index is 11.2. The number of carboxylic acid groups (broad SMARTS) is 1. The SMILES string of the molecule is C[C@]12CCC3c4ccc(O)cc4CCC3C1C[C@H](CC(=O)O)[C@@H]2O. The molecule has 0 saturated heterocycles. The van der Waals surface area contributed by atoms with Gasteiger partial charge in [0, 0.05) is 0 Å². The van der Waals surface area contributed by atoms with Crippen LogP contribution in [0.1, 0.15) is 56.1 Å². The molecule has 0 heterocycles. The third kappa shape index (κ3) is 2.26. The molecule has 130 valence electrons. The molecule has 4 nitrogen and oxygen atoms in total. The molecule has 0 aliphatic heterocycles. The van der Waals surface area contributed by atoms with E-state index in [0.717, 1.165) is 32.1 Å². The largest absolute Gasteiger partial charge is 0.508 e. The first kappa shape index (κ1) is 15.9. The van der Waals surface area contributed by atoms with Crippen molar-refractivity contribution in [2.24, 2.45) is 23.2 Å². The fourth-order valence-electron chi connectivity index (χ4n) is 6.14. The van der Waals surface area contributed by atoms with Gasteiger partial charge in [0.1, 0.15) is 5.75 Å². The highest BCUT2D eigenvalue weighted by atomic mass is 16.4. The van der Waals surface area contributed by atoms with Gasteiger partial charge in [0.05, 0.1) is 12.5 Å². The number of hydrogen-bond donors (Lipinski definition) is 3. The molecule has 24 heavy (non-hydrogen) atoms. The fourth-order valence-corrected chi connectivity index (χ4v) is 6.14. The number of carboxylic acids is 1. The summed E-state index contributed by atoms with van der Waals surface area (Å²) < 4.78 is 0. The molecule has 0 amide bonds. The molecule has 3 aliphatic rings. The summed E-state index contributed by atoms with van der Waals surface area (Å²) in [6.45, 7) is 2.17. The van der Waals surface area contributed by atoms with E-state index in [4.69, 9.17) is 5.11 Å². The molecule has 1 aromatic carbocycles. The average Bonchev–Trinajstić information content (AvgIpc) is 2.78. The van der Waals surface area contributed by atoms with Crippen LogP contribution in [0.5, 0.6) is 5.75 Å². The number of carbonyl (C=O) groups is 1. The van der Waals surface area contributed by atoms with Crippen molar-refractivity contribution >= 4 is 5.97 Å². The van der Waals surface area contributed by atoms with E-state index in [1.165, 1.54) is 11.1 Å². The number of aliphatic hydroxyl groups excluding tert-OH is 1. The minimum atomic E-state index is -0.803. The number of aromatic hydroxyl groups is 1. The number of rotatable bonds is 2. The molecule has 0 bridgehead atoms. The van der Waals surface area contributed by atoms with E-state index in [-0.39, 0.29) is 17.8 Å². The predicted molar refractivity (Wildman–Crippen MR) is 89.9 cm³/mol. The highest BCUT2D eigenvalue weighted by molar-refractivity contribution is 5.67.